The van der Waals surface area contributed by atoms with Crippen molar-refractivity contribution >= 4 is 16.8 Å². The van der Waals surface area contributed by atoms with Gasteiger partial charge >= 0.3 is 0 Å². The quantitative estimate of drug-likeness (QED) is 0.666. The van der Waals surface area contributed by atoms with E-state index in [9.17, 15) is 4.79 Å². The molecule has 0 bridgehead atoms. The van der Waals surface area contributed by atoms with E-state index in [-0.39, 0.29) is 5.78 Å². The molecule has 0 unspecified atom stereocenters. The molecule has 0 amide bonds. The van der Waals surface area contributed by atoms with Gasteiger partial charge in [-0.3, -0.25) is 4.79 Å². The predicted molar refractivity (Wildman–Crippen MR) is 82.0 cm³/mol. The zero-order valence-electron chi connectivity index (χ0n) is 12.1. The highest BCUT2D eigenvalue weighted by Crippen LogP contribution is 2.29. The number of carbonyl (C=O) groups is 1. The van der Waals surface area contributed by atoms with Crippen LogP contribution in [0.1, 0.15) is 28.6 Å². The van der Waals surface area contributed by atoms with Crippen molar-refractivity contribution in [1.82, 2.24) is 0 Å². The minimum absolute atomic E-state index is 0.146. The predicted octanol–water partition coefficient (Wildman–Crippen LogP) is 4.37. The Balaban J connectivity index is 2.11. The van der Waals surface area contributed by atoms with E-state index in [1.165, 1.54) is 0 Å². The summed E-state index contributed by atoms with van der Waals surface area (Å²) in [6, 6.07) is 14.9. The minimum Gasteiger partial charge on any atom is -0.493 e. The van der Waals surface area contributed by atoms with Crippen LogP contribution in [0.3, 0.4) is 0 Å². The van der Waals surface area contributed by atoms with E-state index in [1.54, 1.807) is 12.1 Å². The number of para-hydroxylation sites is 2. The third-order valence-corrected chi connectivity index (χ3v) is 3.48. The fourth-order valence-electron chi connectivity index (χ4n) is 2.45. The largest absolute Gasteiger partial charge is 0.493 e. The molecule has 0 atom stereocenters. The van der Waals surface area contributed by atoms with Crippen LogP contribution >= 0.6 is 0 Å². The number of furan rings is 1. The molecule has 3 nitrogen and oxygen atoms in total. The van der Waals surface area contributed by atoms with Gasteiger partial charge in [0.1, 0.15) is 11.3 Å². The summed E-state index contributed by atoms with van der Waals surface area (Å²) in [6.07, 6.45) is 0. The van der Waals surface area contributed by atoms with Crippen molar-refractivity contribution in [3.8, 4) is 5.75 Å². The van der Waals surface area contributed by atoms with Crippen LogP contribution < -0.4 is 4.74 Å². The highest BCUT2D eigenvalue weighted by molar-refractivity contribution is 6.12. The first kappa shape index (κ1) is 13.4. The lowest BCUT2D eigenvalue weighted by molar-refractivity contribution is 0.101. The lowest BCUT2D eigenvalue weighted by atomic mass is 10.0. The Bertz CT molecular complexity index is 799. The Kier molecular flexibility index (Phi) is 3.48. The topological polar surface area (TPSA) is 39.4 Å². The van der Waals surface area contributed by atoms with Gasteiger partial charge in [-0.15, -0.1) is 0 Å². The second kappa shape index (κ2) is 5.44. The van der Waals surface area contributed by atoms with E-state index >= 15 is 0 Å². The summed E-state index contributed by atoms with van der Waals surface area (Å²) in [5.41, 5.74) is 2.12. The maximum Gasteiger partial charge on any atom is 0.232 e. The fourth-order valence-corrected chi connectivity index (χ4v) is 2.45. The Morgan fingerprint density at radius 3 is 2.57 bits per heavy atom. The molecular formula is C18H16O3. The molecule has 0 saturated carbocycles. The Morgan fingerprint density at radius 1 is 1.10 bits per heavy atom. The molecule has 0 fully saturated rings. The van der Waals surface area contributed by atoms with E-state index in [4.69, 9.17) is 9.15 Å². The molecule has 3 heteroatoms. The maximum atomic E-state index is 12.8. The third-order valence-electron chi connectivity index (χ3n) is 3.48. The number of ether oxygens (including phenoxy) is 1. The molecule has 0 aliphatic rings. The zero-order valence-corrected chi connectivity index (χ0v) is 12.1. The number of aryl methyl sites for hydroxylation is 1. The molecule has 0 aliphatic carbocycles. The first-order valence-corrected chi connectivity index (χ1v) is 6.97. The summed E-state index contributed by atoms with van der Waals surface area (Å²) < 4.78 is 11.3. The normalized spacial score (nSPS) is 10.8. The van der Waals surface area contributed by atoms with E-state index in [0.717, 1.165) is 16.5 Å². The summed E-state index contributed by atoms with van der Waals surface area (Å²) >= 11 is 0. The number of hydrogen-bond acceptors (Lipinski definition) is 3. The Hall–Kier alpha value is -2.55. The second-order valence-electron chi connectivity index (χ2n) is 4.81. The number of ketones is 1. The maximum absolute atomic E-state index is 12.8. The van der Waals surface area contributed by atoms with Crippen LogP contribution in [0.25, 0.3) is 11.0 Å². The van der Waals surface area contributed by atoms with Crippen LogP contribution in [-0.2, 0) is 0 Å². The molecule has 0 spiro atoms. The zero-order chi connectivity index (χ0) is 14.8. The summed E-state index contributed by atoms with van der Waals surface area (Å²) in [5.74, 6) is 0.820. The summed E-state index contributed by atoms with van der Waals surface area (Å²) in [7, 11) is 0. The minimum atomic E-state index is -0.146. The summed E-state index contributed by atoms with van der Waals surface area (Å²) in [4.78, 5) is 12.8. The molecule has 2 aromatic carbocycles. The summed E-state index contributed by atoms with van der Waals surface area (Å²) in [6.45, 7) is 4.32. The fraction of sp³-hybridized carbons (Fsp3) is 0.167. The highest BCUT2D eigenvalue weighted by atomic mass is 16.5. The van der Waals surface area contributed by atoms with Gasteiger partial charge in [0.15, 0.2) is 5.76 Å². The summed E-state index contributed by atoms with van der Waals surface area (Å²) in [5, 5.41) is 0.967. The van der Waals surface area contributed by atoms with Crippen LogP contribution in [-0.4, -0.2) is 12.4 Å². The monoisotopic (exact) mass is 280 g/mol. The molecule has 0 N–H and O–H groups in total. The molecule has 0 saturated heterocycles. The van der Waals surface area contributed by atoms with E-state index < -0.39 is 0 Å². The first-order valence-electron chi connectivity index (χ1n) is 6.97. The average molecular weight is 280 g/mol. The number of hydrogen-bond donors (Lipinski definition) is 0. The van der Waals surface area contributed by atoms with Gasteiger partial charge in [0.2, 0.25) is 5.78 Å². The number of rotatable bonds is 4. The van der Waals surface area contributed by atoms with E-state index in [0.29, 0.717) is 23.7 Å². The van der Waals surface area contributed by atoms with Crippen molar-refractivity contribution in [2.24, 2.45) is 0 Å². The van der Waals surface area contributed by atoms with Crippen LogP contribution in [0, 0.1) is 6.92 Å². The average Bonchev–Trinajstić information content (AvgIpc) is 2.85. The van der Waals surface area contributed by atoms with Crippen molar-refractivity contribution in [3.05, 3.63) is 65.4 Å². The van der Waals surface area contributed by atoms with Crippen molar-refractivity contribution in [1.29, 1.82) is 0 Å². The molecule has 3 aromatic rings. The van der Waals surface area contributed by atoms with Crippen molar-refractivity contribution < 1.29 is 13.9 Å². The number of carbonyl (C=O) groups excluding carboxylic acids is 1. The van der Waals surface area contributed by atoms with Gasteiger partial charge in [0, 0.05) is 10.9 Å². The molecule has 0 radical (unpaired) electrons. The van der Waals surface area contributed by atoms with Crippen LogP contribution in [0.4, 0.5) is 0 Å². The van der Waals surface area contributed by atoms with Gasteiger partial charge in [-0.25, -0.2) is 0 Å². The smallest absolute Gasteiger partial charge is 0.232 e. The first-order chi connectivity index (χ1) is 10.2. The van der Waals surface area contributed by atoms with Gasteiger partial charge < -0.3 is 9.15 Å². The number of fused-ring (bicyclic) bond motifs is 1. The number of benzene rings is 2. The standard InChI is InChI=1S/C18H16O3/c1-3-20-15-10-6-5-9-14(15)17(19)18-12(2)13-8-4-7-11-16(13)21-18/h4-11H,3H2,1-2H3. The molecular weight excluding hydrogens is 264 g/mol. The third kappa shape index (κ3) is 2.31. The molecule has 1 heterocycles. The Labute approximate surface area is 123 Å². The SMILES string of the molecule is CCOc1ccccc1C(=O)c1oc2ccccc2c1C. The van der Waals surface area contributed by atoms with Gasteiger partial charge in [0.25, 0.3) is 0 Å². The highest BCUT2D eigenvalue weighted by Gasteiger charge is 2.21. The van der Waals surface area contributed by atoms with Crippen LogP contribution in [0.2, 0.25) is 0 Å². The van der Waals surface area contributed by atoms with E-state index in [1.807, 2.05) is 50.2 Å². The van der Waals surface area contributed by atoms with E-state index in [2.05, 4.69) is 0 Å². The van der Waals surface area contributed by atoms with Crippen molar-refractivity contribution in [2.45, 2.75) is 13.8 Å². The molecule has 3 rings (SSSR count). The van der Waals surface area contributed by atoms with Crippen LogP contribution in [0.15, 0.2) is 52.9 Å². The van der Waals surface area contributed by atoms with Crippen molar-refractivity contribution in [2.75, 3.05) is 6.61 Å². The van der Waals surface area contributed by atoms with Gasteiger partial charge in [0.05, 0.1) is 12.2 Å². The lowest BCUT2D eigenvalue weighted by Gasteiger charge is -2.08. The molecule has 1 aromatic heterocycles. The molecule has 106 valence electrons. The van der Waals surface area contributed by atoms with Gasteiger partial charge in [-0.05, 0) is 32.0 Å². The van der Waals surface area contributed by atoms with Crippen LogP contribution in [0.5, 0.6) is 5.75 Å². The van der Waals surface area contributed by atoms with Gasteiger partial charge in [-0.1, -0.05) is 30.3 Å². The Morgan fingerprint density at radius 2 is 1.81 bits per heavy atom. The lowest BCUT2D eigenvalue weighted by Crippen LogP contribution is -2.05. The molecule has 0 aliphatic heterocycles. The molecule has 21 heavy (non-hydrogen) atoms. The van der Waals surface area contributed by atoms with Crippen molar-refractivity contribution in [3.63, 3.8) is 0 Å². The van der Waals surface area contributed by atoms with Gasteiger partial charge in [-0.2, -0.15) is 0 Å². The second-order valence-corrected chi connectivity index (χ2v) is 4.81.